The molecule has 3 aliphatic rings. The van der Waals surface area contributed by atoms with Gasteiger partial charge < -0.3 is 4.74 Å². The number of ether oxygens (including phenoxy) is 1. The number of fused-ring (bicyclic) bond motifs is 3. The summed E-state index contributed by atoms with van der Waals surface area (Å²) >= 11 is 0. The predicted molar refractivity (Wildman–Crippen MR) is 66.3 cm³/mol. The molecule has 0 spiro atoms. The van der Waals surface area contributed by atoms with Crippen molar-refractivity contribution in [3.05, 3.63) is 23.3 Å². The van der Waals surface area contributed by atoms with Crippen LogP contribution in [0.25, 0.3) is 0 Å². The summed E-state index contributed by atoms with van der Waals surface area (Å²) in [6, 6.07) is 0. The van der Waals surface area contributed by atoms with Crippen LogP contribution in [-0.2, 0) is 9.53 Å². The molecule has 0 amide bonds. The van der Waals surface area contributed by atoms with Gasteiger partial charge in [0.15, 0.2) is 0 Å². The van der Waals surface area contributed by atoms with Crippen molar-refractivity contribution in [1.29, 1.82) is 0 Å². The van der Waals surface area contributed by atoms with Gasteiger partial charge in [-0.2, -0.15) is 0 Å². The molecule has 3 rings (SSSR count). The van der Waals surface area contributed by atoms with Gasteiger partial charge in [0, 0.05) is 11.8 Å². The minimum atomic E-state index is -0.00129. The van der Waals surface area contributed by atoms with E-state index in [1.54, 1.807) is 0 Å². The number of hydrogen-bond donors (Lipinski definition) is 0. The van der Waals surface area contributed by atoms with Gasteiger partial charge in [0.2, 0.25) is 0 Å². The molecule has 17 heavy (non-hydrogen) atoms. The van der Waals surface area contributed by atoms with E-state index in [0.29, 0.717) is 11.8 Å². The molecule has 0 aromatic rings. The third-order valence-corrected chi connectivity index (χ3v) is 4.95. The molecule has 1 aliphatic heterocycles. The first-order valence-corrected chi connectivity index (χ1v) is 6.66. The molecule has 0 unspecified atom stereocenters. The molecule has 0 bridgehead atoms. The minimum Gasteiger partial charge on any atom is -0.461 e. The molecule has 1 saturated heterocycles. The molecule has 4 atom stereocenters. The highest BCUT2D eigenvalue weighted by Gasteiger charge is 2.49. The first-order valence-electron chi connectivity index (χ1n) is 6.66. The summed E-state index contributed by atoms with van der Waals surface area (Å²) in [5, 5.41) is 0. The third kappa shape index (κ3) is 1.50. The lowest BCUT2D eigenvalue weighted by molar-refractivity contribution is -0.144. The Morgan fingerprint density at radius 2 is 2.06 bits per heavy atom. The fourth-order valence-electron chi connectivity index (χ4n) is 3.82. The molecular weight excluding hydrogens is 212 g/mol. The van der Waals surface area contributed by atoms with E-state index in [4.69, 9.17) is 4.74 Å². The third-order valence-electron chi connectivity index (χ3n) is 4.95. The van der Waals surface area contributed by atoms with Crippen molar-refractivity contribution in [2.24, 2.45) is 17.8 Å². The van der Waals surface area contributed by atoms with Crippen LogP contribution in [0.5, 0.6) is 0 Å². The Bertz CT molecular complexity index is 419. The van der Waals surface area contributed by atoms with Crippen molar-refractivity contribution in [2.45, 2.75) is 45.6 Å². The normalized spacial score (nSPS) is 41.1. The summed E-state index contributed by atoms with van der Waals surface area (Å²) in [5.74, 6) is 0.797. The Labute approximate surface area is 103 Å². The maximum absolute atomic E-state index is 11.8. The Hall–Kier alpha value is -1.05. The highest BCUT2D eigenvalue weighted by Crippen LogP contribution is 2.50. The van der Waals surface area contributed by atoms with Gasteiger partial charge in [-0.3, -0.25) is 4.79 Å². The molecule has 0 N–H and O–H groups in total. The zero-order valence-corrected chi connectivity index (χ0v) is 10.7. The second-order valence-corrected chi connectivity index (χ2v) is 5.83. The quantitative estimate of drug-likeness (QED) is 0.473. The average molecular weight is 232 g/mol. The second kappa shape index (κ2) is 3.72. The van der Waals surface area contributed by atoms with E-state index in [1.165, 1.54) is 16.7 Å². The Balaban J connectivity index is 2.02. The Kier molecular flexibility index (Phi) is 2.42. The first kappa shape index (κ1) is 11.1. The highest BCUT2D eigenvalue weighted by atomic mass is 16.6. The van der Waals surface area contributed by atoms with Crippen molar-refractivity contribution < 1.29 is 9.53 Å². The maximum atomic E-state index is 11.8. The SMILES string of the molecule is C=C1CCC2=C(C)CC[C@@H]3[C@@H](OC(=O)[C@H]3C)[C@@H]12. The van der Waals surface area contributed by atoms with Crippen LogP contribution in [0.4, 0.5) is 0 Å². The van der Waals surface area contributed by atoms with Gasteiger partial charge in [0.1, 0.15) is 6.10 Å². The largest absolute Gasteiger partial charge is 0.461 e. The van der Waals surface area contributed by atoms with Crippen LogP contribution in [-0.4, -0.2) is 12.1 Å². The monoisotopic (exact) mass is 232 g/mol. The number of rotatable bonds is 0. The first-order chi connectivity index (χ1) is 8.09. The molecule has 1 saturated carbocycles. The fraction of sp³-hybridized carbons (Fsp3) is 0.667. The van der Waals surface area contributed by atoms with Crippen LogP contribution in [0.15, 0.2) is 23.3 Å². The Morgan fingerprint density at radius 3 is 2.82 bits per heavy atom. The highest BCUT2D eigenvalue weighted by molar-refractivity contribution is 5.75. The van der Waals surface area contributed by atoms with Crippen LogP contribution in [0.2, 0.25) is 0 Å². The smallest absolute Gasteiger partial charge is 0.309 e. The zero-order chi connectivity index (χ0) is 12.2. The van der Waals surface area contributed by atoms with E-state index < -0.39 is 0 Å². The molecule has 2 fully saturated rings. The zero-order valence-electron chi connectivity index (χ0n) is 10.7. The summed E-state index contributed by atoms with van der Waals surface area (Å²) in [5.41, 5.74) is 4.31. The number of allylic oxidation sites excluding steroid dienone is 1. The number of esters is 1. The van der Waals surface area contributed by atoms with Crippen molar-refractivity contribution in [3.8, 4) is 0 Å². The summed E-state index contributed by atoms with van der Waals surface area (Å²) < 4.78 is 5.66. The van der Waals surface area contributed by atoms with E-state index in [2.05, 4.69) is 13.5 Å². The van der Waals surface area contributed by atoms with E-state index in [1.807, 2.05) is 6.92 Å². The maximum Gasteiger partial charge on any atom is 0.309 e. The summed E-state index contributed by atoms with van der Waals surface area (Å²) in [6.07, 6.45) is 4.51. The molecule has 1 heterocycles. The number of hydrogen-bond acceptors (Lipinski definition) is 2. The standard InChI is InChI=1S/C15H20O2/c1-8-4-7-12-10(3)15(16)17-14(12)13-9(2)5-6-11(8)13/h10,12-14H,2,4-7H2,1,3H3/t10-,12-,13-,14+/m0/s1. The van der Waals surface area contributed by atoms with Gasteiger partial charge in [0.05, 0.1) is 5.92 Å². The molecule has 0 aromatic carbocycles. The van der Waals surface area contributed by atoms with E-state index in [9.17, 15) is 4.79 Å². The van der Waals surface area contributed by atoms with Gasteiger partial charge in [-0.25, -0.2) is 0 Å². The van der Waals surface area contributed by atoms with Gasteiger partial charge in [0.25, 0.3) is 0 Å². The number of carbonyl (C=O) groups excluding carboxylic acids is 1. The summed E-state index contributed by atoms with van der Waals surface area (Å²) in [6.45, 7) is 8.46. The molecule has 0 radical (unpaired) electrons. The lowest BCUT2D eigenvalue weighted by Crippen LogP contribution is -2.27. The van der Waals surface area contributed by atoms with Crippen LogP contribution >= 0.6 is 0 Å². The molecule has 0 aromatic heterocycles. The topological polar surface area (TPSA) is 26.3 Å². The molecule has 2 nitrogen and oxygen atoms in total. The number of carbonyl (C=O) groups is 1. The fourth-order valence-corrected chi connectivity index (χ4v) is 3.82. The summed E-state index contributed by atoms with van der Waals surface area (Å²) in [4.78, 5) is 11.8. The lowest BCUT2D eigenvalue weighted by Gasteiger charge is -2.24. The van der Waals surface area contributed by atoms with Crippen molar-refractivity contribution >= 4 is 5.97 Å². The van der Waals surface area contributed by atoms with E-state index >= 15 is 0 Å². The lowest BCUT2D eigenvalue weighted by atomic mass is 9.81. The predicted octanol–water partition coefficient (Wildman–Crippen LogP) is 3.24. The van der Waals surface area contributed by atoms with Crippen molar-refractivity contribution in [2.75, 3.05) is 0 Å². The second-order valence-electron chi connectivity index (χ2n) is 5.83. The van der Waals surface area contributed by atoms with Gasteiger partial charge in [-0.15, -0.1) is 0 Å². The molecule has 2 heteroatoms. The van der Waals surface area contributed by atoms with Gasteiger partial charge in [-0.1, -0.05) is 30.2 Å². The molecular formula is C15H20O2. The van der Waals surface area contributed by atoms with Crippen molar-refractivity contribution in [1.82, 2.24) is 0 Å². The van der Waals surface area contributed by atoms with E-state index in [0.717, 1.165) is 25.7 Å². The Morgan fingerprint density at radius 1 is 1.29 bits per heavy atom. The molecule has 92 valence electrons. The van der Waals surface area contributed by atoms with Crippen LogP contribution in [0.3, 0.4) is 0 Å². The van der Waals surface area contributed by atoms with Gasteiger partial charge >= 0.3 is 5.97 Å². The van der Waals surface area contributed by atoms with Crippen LogP contribution in [0, 0.1) is 17.8 Å². The van der Waals surface area contributed by atoms with Crippen LogP contribution < -0.4 is 0 Å². The average Bonchev–Trinajstić information content (AvgIpc) is 2.75. The van der Waals surface area contributed by atoms with E-state index in [-0.39, 0.29) is 18.0 Å². The minimum absolute atomic E-state index is 0.00129. The van der Waals surface area contributed by atoms with Crippen LogP contribution in [0.1, 0.15) is 39.5 Å². The van der Waals surface area contributed by atoms with Crippen molar-refractivity contribution in [3.63, 3.8) is 0 Å². The summed E-state index contributed by atoms with van der Waals surface area (Å²) in [7, 11) is 0. The van der Waals surface area contributed by atoms with Gasteiger partial charge in [-0.05, 0) is 32.6 Å². The molecule has 2 aliphatic carbocycles.